The summed E-state index contributed by atoms with van der Waals surface area (Å²) in [5, 5.41) is 3.97. The molecular formula is C12H12BrClN2S. The third kappa shape index (κ3) is 3.28. The van der Waals surface area contributed by atoms with Gasteiger partial charge in [0.25, 0.3) is 0 Å². The zero-order valence-corrected chi connectivity index (χ0v) is 12.4. The van der Waals surface area contributed by atoms with Crippen molar-refractivity contribution < 1.29 is 0 Å². The minimum absolute atomic E-state index is 0.147. The summed E-state index contributed by atoms with van der Waals surface area (Å²) in [6.45, 7) is 0. The molecule has 0 fully saturated rings. The summed E-state index contributed by atoms with van der Waals surface area (Å²) >= 11 is 11.4. The molecule has 90 valence electrons. The van der Waals surface area contributed by atoms with Gasteiger partial charge in [-0.3, -0.25) is 4.98 Å². The van der Waals surface area contributed by atoms with Gasteiger partial charge in [-0.2, -0.15) is 0 Å². The van der Waals surface area contributed by atoms with E-state index >= 15 is 0 Å². The highest BCUT2D eigenvalue weighted by Gasteiger charge is 2.15. The van der Waals surface area contributed by atoms with Crippen LogP contribution in [0.15, 0.2) is 34.2 Å². The first kappa shape index (κ1) is 13.0. The number of thiophene rings is 1. The van der Waals surface area contributed by atoms with Gasteiger partial charge in [-0.05, 0) is 47.2 Å². The van der Waals surface area contributed by atoms with E-state index in [1.165, 1.54) is 4.88 Å². The highest BCUT2D eigenvalue weighted by Crippen LogP contribution is 2.28. The van der Waals surface area contributed by atoms with Gasteiger partial charge in [-0.15, -0.1) is 11.3 Å². The average Bonchev–Trinajstić information content (AvgIpc) is 2.73. The highest BCUT2D eigenvalue weighted by atomic mass is 79.9. The Labute approximate surface area is 118 Å². The van der Waals surface area contributed by atoms with E-state index < -0.39 is 0 Å². The van der Waals surface area contributed by atoms with E-state index in [2.05, 4.69) is 38.4 Å². The number of likely N-dealkylation sites (N-methyl/N-ethyl adjacent to an activating group) is 1. The van der Waals surface area contributed by atoms with E-state index in [4.69, 9.17) is 11.6 Å². The first-order valence-corrected chi connectivity index (χ1v) is 7.21. The van der Waals surface area contributed by atoms with Crippen molar-refractivity contribution >= 4 is 38.9 Å². The first-order chi connectivity index (χ1) is 8.20. The first-order valence-electron chi connectivity index (χ1n) is 5.22. The molecule has 2 rings (SSSR count). The van der Waals surface area contributed by atoms with E-state index in [0.717, 1.165) is 15.9 Å². The quantitative estimate of drug-likeness (QED) is 0.914. The number of nitrogens with one attached hydrogen (secondary N) is 1. The Morgan fingerprint density at radius 1 is 1.47 bits per heavy atom. The monoisotopic (exact) mass is 330 g/mol. The molecule has 5 heteroatoms. The molecule has 0 spiro atoms. The smallest absolute Gasteiger partial charge is 0.0762 e. The maximum atomic E-state index is 6.16. The van der Waals surface area contributed by atoms with E-state index in [9.17, 15) is 0 Å². The fourth-order valence-corrected chi connectivity index (χ4v) is 3.43. The van der Waals surface area contributed by atoms with Crippen LogP contribution < -0.4 is 5.32 Å². The molecule has 2 nitrogen and oxygen atoms in total. The molecule has 0 bridgehead atoms. The Bertz CT molecular complexity index is 501. The Morgan fingerprint density at radius 3 is 2.88 bits per heavy atom. The summed E-state index contributed by atoms with van der Waals surface area (Å²) in [6, 6.07) is 8.05. The maximum absolute atomic E-state index is 6.16. The molecule has 17 heavy (non-hydrogen) atoms. The lowest BCUT2D eigenvalue weighted by Crippen LogP contribution is -2.20. The minimum Gasteiger partial charge on any atom is -0.311 e. The summed E-state index contributed by atoms with van der Waals surface area (Å²) in [7, 11) is 1.93. The number of rotatable bonds is 4. The fraction of sp³-hybridized carbons (Fsp3) is 0.250. The lowest BCUT2D eigenvalue weighted by Gasteiger charge is -2.15. The standard InChI is InChI=1S/C12H12BrClN2S/c1-15-10(7-8-4-5-11(13)17-8)12-9(14)3-2-6-16-12/h2-6,10,15H,7H2,1H3. The molecule has 1 unspecified atom stereocenters. The second-order valence-electron chi connectivity index (χ2n) is 3.62. The number of hydrogen-bond donors (Lipinski definition) is 1. The topological polar surface area (TPSA) is 24.9 Å². The van der Waals surface area contributed by atoms with Gasteiger partial charge in [0.2, 0.25) is 0 Å². The maximum Gasteiger partial charge on any atom is 0.0762 e. The molecule has 2 heterocycles. The molecule has 1 atom stereocenters. The van der Waals surface area contributed by atoms with Gasteiger partial charge in [-0.1, -0.05) is 11.6 Å². The molecule has 2 aromatic rings. The highest BCUT2D eigenvalue weighted by molar-refractivity contribution is 9.11. The zero-order chi connectivity index (χ0) is 12.3. The third-order valence-electron chi connectivity index (χ3n) is 2.50. The predicted octanol–water partition coefficient (Wildman–Crippen LogP) is 4.06. The van der Waals surface area contributed by atoms with Crippen LogP contribution >= 0.6 is 38.9 Å². The molecule has 0 radical (unpaired) electrons. The third-order valence-corrected chi connectivity index (χ3v) is 4.47. The van der Waals surface area contributed by atoms with Crippen LogP contribution in [0.25, 0.3) is 0 Å². The molecule has 2 aromatic heterocycles. The van der Waals surface area contributed by atoms with Crippen molar-refractivity contribution in [2.24, 2.45) is 0 Å². The summed E-state index contributed by atoms with van der Waals surface area (Å²) in [5.41, 5.74) is 0.904. The molecule has 1 N–H and O–H groups in total. The van der Waals surface area contributed by atoms with Gasteiger partial charge in [0.15, 0.2) is 0 Å². The Kier molecular flexibility index (Phi) is 4.56. The largest absolute Gasteiger partial charge is 0.311 e. The Morgan fingerprint density at radius 2 is 2.29 bits per heavy atom. The van der Waals surface area contributed by atoms with Crippen LogP contribution in [0.1, 0.15) is 16.6 Å². The van der Waals surface area contributed by atoms with Crippen molar-refractivity contribution in [2.45, 2.75) is 12.5 Å². The zero-order valence-electron chi connectivity index (χ0n) is 9.28. The van der Waals surface area contributed by atoms with E-state index in [-0.39, 0.29) is 6.04 Å². The Balaban J connectivity index is 2.20. The van der Waals surface area contributed by atoms with Gasteiger partial charge in [0.05, 0.1) is 20.5 Å². The summed E-state index contributed by atoms with van der Waals surface area (Å²) < 4.78 is 1.15. The molecule has 0 aliphatic rings. The molecular weight excluding hydrogens is 320 g/mol. The minimum atomic E-state index is 0.147. The van der Waals surface area contributed by atoms with Crippen molar-refractivity contribution in [3.05, 3.63) is 49.8 Å². The lowest BCUT2D eigenvalue weighted by molar-refractivity contribution is 0.580. The van der Waals surface area contributed by atoms with Crippen LogP contribution in [0.4, 0.5) is 0 Å². The van der Waals surface area contributed by atoms with Crippen molar-refractivity contribution in [1.29, 1.82) is 0 Å². The van der Waals surface area contributed by atoms with Gasteiger partial charge < -0.3 is 5.32 Å². The van der Waals surface area contributed by atoms with Crippen LogP contribution in [-0.4, -0.2) is 12.0 Å². The van der Waals surface area contributed by atoms with Crippen molar-refractivity contribution in [1.82, 2.24) is 10.3 Å². The van der Waals surface area contributed by atoms with Gasteiger partial charge >= 0.3 is 0 Å². The van der Waals surface area contributed by atoms with Gasteiger partial charge in [-0.25, -0.2) is 0 Å². The van der Waals surface area contributed by atoms with Gasteiger partial charge in [0, 0.05) is 17.5 Å². The second-order valence-corrected chi connectivity index (χ2v) is 6.58. The molecule has 0 aliphatic carbocycles. The van der Waals surface area contributed by atoms with Crippen molar-refractivity contribution in [3.63, 3.8) is 0 Å². The van der Waals surface area contributed by atoms with Crippen LogP contribution in [0.2, 0.25) is 5.02 Å². The summed E-state index contributed by atoms with van der Waals surface area (Å²) in [4.78, 5) is 5.65. The molecule has 0 aliphatic heterocycles. The number of aromatic nitrogens is 1. The summed E-state index contributed by atoms with van der Waals surface area (Å²) in [5.74, 6) is 0. The molecule has 0 amide bonds. The normalized spacial score (nSPS) is 12.6. The number of nitrogens with zero attached hydrogens (tertiary/aromatic N) is 1. The Hall–Kier alpha value is -0.420. The lowest BCUT2D eigenvalue weighted by atomic mass is 10.1. The molecule has 0 saturated carbocycles. The van der Waals surface area contributed by atoms with Gasteiger partial charge in [0.1, 0.15) is 0 Å². The number of pyridine rings is 1. The fourth-order valence-electron chi connectivity index (χ4n) is 1.65. The predicted molar refractivity (Wildman–Crippen MR) is 76.8 cm³/mol. The number of hydrogen-bond acceptors (Lipinski definition) is 3. The average molecular weight is 332 g/mol. The molecule has 0 saturated heterocycles. The van der Waals surface area contributed by atoms with Crippen LogP contribution in [0.5, 0.6) is 0 Å². The SMILES string of the molecule is CNC(Cc1ccc(Br)s1)c1ncccc1Cl. The van der Waals surface area contributed by atoms with Crippen LogP contribution in [0, 0.1) is 0 Å². The van der Waals surface area contributed by atoms with Crippen LogP contribution in [0.3, 0.4) is 0 Å². The van der Waals surface area contributed by atoms with E-state index in [1.807, 2.05) is 19.2 Å². The van der Waals surface area contributed by atoms with E-state index in [0.29, 0.717) is 5.02 Å². The molecule has 0 aromatic carbocycles. The van der Waals surface area contributed by atoms with Crippen molar-refractivity contribution in [2.75, 3.05) is 7.05 Å². The number of halogens is 2. The second kappa shape index (κ2) is 5.96. The summed E-state index contributed by atoms with van der Waals surface area (Å²) in [6.07, 6.45) is 2.67. The van der Waals surface area contributed by atoms with Crippen molar-refractivity contribution in [3.8, 4) is 0 Å². The van der Waals surface area contributed by atoms with Crippen LogP contribution in [-0.2, 0) is 6.42 Å². The van der Waals surface area contributed by atoms with E-state index in [1.54, 1.807) is 17.5 Å².